The number of aryl methyl sites for hydroxylation is 1. The number of pyridine rings is 1. The maximum atomic E-state index is 11.5. The molecular formula is C12H9N3O2. The predicted octanol–water partition coefficient (Wildman–Crippen LogP) is 1.89. The normalized spacial score (nSPS) is 10.9. The van der Waals surface area contributed by atoms with Gasteiger partial charge in [-0.25, -0.2) is 0 Å². The zero-order valence-corrected chi connectivity index (χ0v) is 9.10. The Balaban J connectivity index is 2.39. The van der Waals surface area contributed by atoms with E-state index in [2.05, 4.69) is 15.1 Å². The van der Waals surface area contributed by atoms with Crippen LogP contribution in [0.5, 0.6) is 0 Å². The molecule has 1 N–H and O–H groups in total. The van der Waals surface area contributed by atoms with E-state index in [-0.39, 0.29) is 5.56 Å². The maximum Gasteiger partial charge on any atom is 0.258 e. The SMILES string of the molecule is Cc1noc(-c2cc(=O)[nH]c3ccccc23)n1. The lowest BCUT2D eigenvalue weighted by Crippen LogP contribution is -2.04. The van der Waals surface area contributed by atoms with Crippen molar-refractivity contribution in [1.29, 1.82) is 0 Å². The van der Waals surface area contributed by atoms with E-state index in [1.807, 2.05) is 24.3 Å². The average Bonchev–Trinajstić information content (AvgIpc) is 2.74. The smallest absolute Gasteiger partial charge is 0.258 e. The Hall–Kier alpha value is -2.43. The quantitative estimate of drug-likeness (QED) is 0.689. The van der Waals surface area contributed by atoms with Gasteiger partial charge in [0.05, 0.1) is 5.56 Å². The summed E-state index contributed by atoms with van der Waals surface area (Å²) in [7, 11) is 0. The molecule has 0 bridgehead atoms. The van der Waals surface area contributed by atoms with E-state index in [0.29, 0.717) is 17.3 Å². The van der Waals surface area contributed by atoms with Crippen molar-refractivity contribution in [3.63, 3.8) is 0 Å². The second-order valence-corrected chi connectivity index (χ2v) is 3.74. The lowest BCUT2D eigenvalue weighted by Gasteiger charge is -2.00. The fraction of sp³-hybridized carbons (Fsp3) is 0.0833. The summed E-state index contributed by atoms with van der Waals surface area (Å²) in [5.74, 6) is 0.911. The highest BCUT2D eigenvalue weighted by atomic mass is 16.5. The summed E-state index contributed by atoms with van der Waals surface area (Å²) in [5.41, 5.74) is 1.23. The van der Waals surface area contributed by atoms with Crippen molar-refractivity contribution in [1.82, 2.24) is 15.1 Å². The fourth-order valence-electron chi connectivity index (χ4n) is 1.79. The van der Waals surface area contributed by atoms with Gasteiger partial charge in [-0.2, -0.15) is 4.98 Å². The molecule has 0 aliphatic carbocycles. The minimum atomic E-state index is -0.186. The molecule has 0 saturated heterocycles. The number of nitrogens with zero attached hydrogens (tertiary/aromatic N) is 2. The van der Waals surface area contributed by atoms with Gasteiger partial charge in [0.2, 0.25) is 5.56 Å². The summed E-state index contributed by atoms with van der Waals surface area (Å²) < 4.78 is 5.10. The molecule has 0 aliphatic heterocycles. The van der Waals surface area contributed by atoms with Crippen LogP contribution in [0.4, 0.5) is 0 Å². The van der Waals surface area contributed by atoms with Gasteiger partial charge in [-0.05, 0) is 13.0 Å². The van der Waals surface area contributed by atoms with Crippen molar-refractivity contribution in [2.45, 2.75) is 6.92 Å². The van der Waals surface area contributed by atoms with Crippen molar-refractivity contribution >= 4 is 10.9 Å². The number of rotatable bonds is 1. The van der Waals surface area contributed by atoms with Crippen LogP contribution in [0.1, 0.15) is 5.82 Å². The number of hydrogen-bond acceptors (Lipinski definition) is 4. The van der Waals surface area contributed by atoms with Gasteiger partial charge in [0.1, 0.15) is 0 Å². The van der Waals surface area contributed by atoms with Gasteiger partial charge in [0.15, 0.2) is 5.82 Å². The second-order valence-electron chi connectivity index (χ2n) is 3.74. The molecule has 3 rings (SSSR count). The predicted molar refractivity (Wildman–Crippen MR) is 62.6 cm³/mol. The Morgan fingerprint density at radius 3 is 2.88 bits per heavy atom. The maximum absolute atomic E-state index is 11.5. The molecule has 1 aromatic carbocycles. The van der Waals surface area contributed by atoms with Crippen LogP contribution < -0.4 is 5.56 Å². The van der Waals surface area contributed by atoms with E-state index in [1.54, 1.807) is 6.92 Å². The molecule has 84 valence electrons. The van der Waals surface area contributed by atoms with Crippen molar-refractivity contribution in [3.05, 3.63) is 46.5 Å². The second kappa shape index (κ2) is 3.55. The van der Waals surface area contributed by atoms with Crippen molar-refractivity contribution in [3.8, 4) is 11.5 Å². The molecule has 0 radical (unpaired) electrons. The first-order chi connectivity index (χ1) is 8.24. The van der Waals surface area contributed by atoms with E-state index < -0.39 is 0 Å². The van der Waals surface area contributed by atoms with Gasteiger partial charge in [-0.15, -0.1) is 0 Å². The fourth-order valence-corrected chi connectivity index (χ4v) is 1.79. The molecule has 3 aromatic rings. The van der Waals surface area contributed by atoms with E-state index in [9.17, 15) is 4.79 Å². The number of para-hydroxylation sites is 1. The minimum Gasteiger partial charge on any atom is -0.334 e. The van der Waals surface area contributed by atoms with Crippen molar-refractivity contribution in [2.75, 3.05) is 0 Å². The number of nitrogens with one attached hydrogen (secondary N) is 1. The van der Waals surface area contributed by atoms with Crippen molar-refractivity contribution < 1.29 is 4.52 Å². The first-order valence-corrected chi connectivity index (χ1v) is 5.17. The third-order valence-electron chi connectivity index (χ3n) is 2.51. The number of aromatic nitrogens is 3. The highest BCUT2D eigenvalue weighted by molar-refractivity contribution is 5.91. The number of aromatic amines is 1. The minimum absolute atomic E-state index is 0.186. The highest BCUT2D eigenvalue weighted by Crippen LogP contribution is 2.24. The lowest BCUT2D eigenvalue weighted by molar-refractivity contribution is 0.426. The summed E-state index contributed by atoms with van der Waals surface area (Å²) >= 11 is 0. The van der Waals surface area contributed by atoms with Gasteiger partial charge >= 0.3 is 0 Å². The number of benzene rings is 1. The summed E-state index contributed by atoms with van der Waals surface area (Å²) in [6.45, 7) is 1.74. The van der Waals surface area contributed by atoms with Crippen LogP contribution >= 0.6 is 0 Å². The van der Waals surface area contributed by atoms with E-state index in [1.165, 1.54) is 6.07 Å². The third kappa shape index (κ3) is 1.61. The van der Waals surface area contributed by atoms with Crippen LogP contribution in [0.3, 0.4) is 0 Å². The molecule has 0 atom stereocenters. The van der Waals surface area contributed by atoms with Crippen molar-refractivity contribution in [2.24, 2.45) is 0 Å². The van der Waals surface area contributed by atoms with Crippen LogP contribution in [-0.2, 0) is 0 Å². The largest absolute Gasteiger partial charge is 0.334 e. The molecular weight excluding hydrogens is 218 g/mol. The molecule has 0 fully saturated rings. The molecule has 5 nitrogen and oxygen atoms in total. The highest BCUT2D eigenvalue weighted by Gasteiger charge is 2.11. The summed E-state index contributed by atoms with van der Waals surface area (Å²) in [6, 6.07) is 8.97. The molecule has 2 heterocycles. The monoisotopic (exact) mass is 227 g/mol. The number of H-pyrrole nitrogens is 1. The molecule has 5 heteroatoms. The van der Waals surface area contributed by atoms with Gasteiger partial charge in [0.25, 0.3) is 5.89 Å². The Kier molecular flexibility index (Phi) is 2.04. The zero-order valence-electron chi connectivity index (χ0n) is 9.10. The Bertz CT molecular complexity index is 743. The molecule has 0 unspecified atom stereocenters. The number of fused-ring (bicyclic) bond motifs is 1. The standard InChI is InChI=1S/C12H9N3O2/c1-7-13-12(17-15-7)9-6-11(16)14-10-5-3-2-4-8(9)10/h2-6H,1H3,(H,14,16). The first-order valence-electron chi connectivity index (χ1n) is 5.17. The van der Waals surface area contributed by atoms with Crippen LogP contribution in [0.25, 0.3) is 22.4 Å². The van der Waals surface area contributed by atoms with Crippen LogP contribution in [0.15, 0.2) is 39.6 Å². The van der Waals surface area contributed by atoms with E-state index >= 15 is 0 Å². The molecule has 2 aromatic heterocycles. The zero-order chi connectivity index (χ0) is 11.8. The van der Waals surface area contributed by atoms with Gasteiger partial charge in [-0.3, -0.25) is 4.79 Å². The lowest BCUT2D eigenvalue weighted by atomic mass is 10.1. The van der Waals surface area contributed by atoms with Gasteiger partial charge in [0, 0.05) is 17.0 Å². The topological polar surface area (TPSA) is 71.8 Å². The summed E-state index contributed by atoms with van der Waals surface area (Å²) in [4.78, 5) is 18.4. The molecule has 17 heavy (non-hydrogen) atoms. The number of hydrogen-bond donors (Lipinski definition) is 1. The molecule has 0 amide bonds. The third-order valence-corrected chi connectivity index (χ3v) is 2.51. The van der Waals surface area contributed by atoms with Crippen LogP contribution in [0, 0.1) is 6.92 Å². The van der Waals surface area contributed by atoms with Gasteiger partial charge in [-0.1, -0.05) is 23.4 Å². The average molecular weight is 227 g/mol. The molecule has 0 spiro atoms. The van der Waals surface area contributed by atoms with Gasteiger partial charge < -0.3 is 9.51 Å². The van der Waals surface area contributed by atoms with Crippen LogP contribution in [0.2, 0.25) is 0 Å². The Labute approximate surface area is 96.1 Å². The Morgan fingerprint density at radius 2 is 2.12 bits per heavy atom. The Morgan fingerprint density at radius 1 is 1.29 bits per heavy atom. The first kappa shape index (κ1) is 9.77. The molecule has 0 saturated carbocycles. The van der Waals surface area contributed by atoms with Crippen LogP contribution in [-0.4, -0.2) is 15.1 Å². The molecule has 0 aliphatic rings. The summed E-state index contributed by atoms with van der Waals surface area (Å²) in [6.07, 6.45) is 0. The summed E-state index contributed by atoms with van der Waals surface area (Å²) in [5, 5.41) is 4.62. The van der Waals surface area contributed by atoms with E-state index in [4.69, 9.17) is 4.52 Å². The van der Waals surface area contributed by atoms with E-state index in [0.717, 1.165) is 10.9 Å².